The molecule has 1 heterocycles. The fraction of sp³-hybridized carbons (Fsp3) is 0.263. The fourth-order valence-electron chi connectivity index (χ4n) is 2.63. The molecule has 1 aliphatic heterocycles. The molecule has 0 unspecified atom stereocenters. The quantitative estimate of drug-likeness (QED) is 0.870. The Morgan fingerprint density at radius 1 is 1.15 bits per heavy atom. The molecule has 0 atom stereocenters. The van der Waals surface area contributed by atoms with E-state index in [2.05, 4.69) is 5.32 Å². The Kier molecular flexibility index (Phi) is 5.32. The van der Waals surface area contributed by atoms with Gasteiger partial charge in [-0.1, -0.05) is 17.7 Å². The fourth-order valence-corrected chi connectivity index (χ4v) is 2.80. The minimum atomic E-state index is -0.286. The van der Waals surface area contributed by atoms with Gasteiger partial charge in [0.05, 0.1) is 0 Å². The summed E-state index contributed by atoms with van der Waals surface area (Å²) in [6, 6.07) is 10.3. The van der Waals surface area contributed by atoms with Crippen molar-refractivity contribution in [2.75, 3.05) is 25.2 Å². The van der Waals surface area contributed by atoms with Crippen LogP contribution in [0.25, 0.3) is 0 Å². The average molecular weight is 375 g/mol. The maximum Gasteiger partial charge on any atom is 0.254 e. The molecule has 0 saturated carbocycles. The summed E-state index contributed by atoms with van der Waals surface area (Å²) in [6.07, 6.45) is 0. The summed E-state index contributed by atoms with van der Waals surface area (Å²) in [5.41, 5.74) is 1.98. The number of halogens is 1. The first-order chi connectivity index (χ1) is 12.5. The lowest BCUT2D eigenvalue weighted by molar-refractivity contribution is -0.116. The van der Waals surface area contributed by atoms with E-state index in [0.717, 1.165) is 5.56 Å². The van der Waals surface area contributed by atoms with E-state index >= 15 is 0 Å². The Balaban J connectivity index is 1.69. The molecule has 0 fully saturated rings. The molecule has 0 radical (unpaired) electrons. The van der Waals surface area contributed by atoms with Gasteiger partial charge in [-0.25, -0.2) is 0 Å². The number of hydrogen-bond acceptors (Lipinski definition) is 4. The van der Waals surface area contributed by atoms with Gasteiger partial charge >= 0.3 is 0 Å². The third kappa shape index (κ3) is 3.91. The molecule has 26 heavy (non-hydrogen) atoms. The molecule has 3 rings (SSSR count). The highest BCUT2D eigenvalue weighted by atomic mass is 35.5. The van der Waals surface area contributed by atoms with Gasteiger partial charge in [-0.3, -0.25) is 9.59 Å². The first kappa shape index (κ1) is 18.1. The van der Waals surface area contributed by atoms with Gasteiger partial charge in [0.15, 0.2) is 11.5 Å². The van der Waals surface area contributed by atoms with Gasteiger partial charge in [0.1, 0.15) is 6.54 Å². The van der Waals surface area contributed by atoms with Crippen LogP contribution in [0.2, 0.25) is 5.02 Å². The van der Waals surface area contributed by atoms with Crippen molar-refractivity contribution >= 4 is 29.1 Å². The minimum Gasteiger partial charge on any atom is -0.454 e. The zero-order valence-electron chi connectivity index (χ0n) is 14.5. The van der Waals surface area contributed by atoms with Crippen LogP contribution in [0.4, 0.5) is 5.69 Å². The van der Waals surface area contributed by atoms with Crippen LogP contribution in [0.5, 0.6) is 11.5 Å². The van der Waals surface area contributed by atoms with Crippen molar-refractivity contribution in [3.63, 3.8) is 0 Å². The maximum absolute atomic E-state index is 12.7. The number of carbonyl (C=O) groups excluding carboxylic acids is 2. The van der Waals surface area contributed by atoms with E-state index in [-0.39, 0.29) is 25.2 Å². The number of nitrogens with one attached hydrogen (secondary N) is 1. The molecule has 0 aliphatic carbocycles. The number of amides is 2. The Labute approximate surface area is 156 Å². The topological polar surface area (TPSA) is 67.9 Å². The van der Waals surface area contributed by atoms with E-state index < -0.39 is 0 Å². The van der Waals surface area contributed by atoms with Crippen molar-refractivity contribution in [3.8, 4) is 11.5 Å². The third-order valence-corrected chi connectivity index (χ3v) is 4.33. The van der Waals surface area contributed by atoms with Gasteiger partial charge in [-0.05, 0) is 49.7 Å². The first-order valence-corrected chi connectivity index (χ1v) is 8.60. The van der Waals surface area contributed by atoms with Crippen LogP contribution in [0, 0.1) is 6.92 Å². The molecule has 0 spiro atoms. The summed E-state index contributed by atoms with van der Waals surface area (Å²) in [5, 5.41) is 3.34. The van der Waals surface area contributed by atoms with E-state index in [0.29, 0.717) is 34.3 Å². The Bertz CT molecular complexity index is 853. The van der Waals surface area contributed by atoms with E-state index in [1.54, 1.807) is 30.3 Å². The van der Waals surface area contributed by atoms with Gasteiger partial charge in [-0.15, -0.1) is 0 Å². The van der Waals surface area contributed by atoms with Crippen LogP contribution < -0.4 is 14.8 Å². The van der Waals surface area contributed by atoms with Crippen molar-refractivity contribution in [2.45, 2.75) is 13.8 Å². The lowest BCUT2D eigenvalue weighted by atomic mass is 10.1. The summed E-state index contributed by atoms with van der Waals surface area (Å²) in [5.74, 6) is 0.611. The summed E-state index contributed by atoms with van der Waals surface area (Å²) in [6.45, 7) is 4.18. The van der Waals surface area contributed by atoms with Gasteiger partial charge in [-0.2, -0.15) is 0 Å². The van der Waals surface area contributed by atoms with E-state index in [9.17, 15) is 9.59 Å². The highest BCUT2D eigenvalue weighted by Crippen LogP contribution is 2.32. The average Bonchev–Trinajstić information content (AvgIpc) is 3.10. The standard InChI is InChI=1S/C19H19ClN2O4/c1-3-22(10-18(23)21-15-9-14(20)6-4-12(15)2)19(24)13-5-7-16-17(8-13)26-11-25-16/h4-9H,3,10-11H2,1-2H3,(H,21,23). The smallest absolute Gasteiger partial charge is 0.254 e. The highest BCUT2D eigenvalue weighted by molar-refractivity contribution is 6.31. The largest absolute Gasteiger partial charge is 0.454 e. The number of hydrogen-bond donors (Lipinski definition) is 1. The van der Waals surface area contributed by atoms with Crippen molar-refractivity contribution < 1.29 is 19.1 Å². The van der Waals surface area contributed by atoms with Crippen molar-refractivity contribution in [2.24, 2.45) is 0 Å². The Hall–Kier alpha value is -2.73. The van der Waals surface area contributed by atoms with Gasteiger partial charge < -0.3 is 19.7 Å². The monoisotopic (exact) mass is 374 g/mol. The normalized spacial score (nSPS) is 12.0. The molecule has 1 N–H and O–H groups in total. The summed E-state index contributed by atoms with van der Waals surface area (Å²) >= 11 is 5.97. The SMILES string of the molecule is CCN(CC(=O)Nc1cc(Cl)ccc1C)C(=O)c1ccc2c(c1)OCO2. The van der Waals surface area contributed by atoms with Crippen LogP contribution in [-0.4, -0.2) is 36.6 Å². The first-order valence-electron chi connectivity index (χ1n) is 8.23. The molecule has 136 valence electrons. The van der Waals surface area contributed by atoms with Gasteiger partial charge in [0.25, 0.3) is 5.91 Å². The number of benzene rings is 2. The number of rotatable bonds is 5. The number of nitrogens with zero attached hydrogens (tertiary/aromatic N) is 1. The van der Waals surface area contributed by atoms with E-state index in [1.807, 2.05) is 19.9 Å². The predicted octanol–water partition coefficient (Wildman–Crippen LogP) is 3.48. The third-order valence-electron chi connectivity index (χ3n) is 4.10. The van der Waals surface area contributed by atoms with Gasteiger partial charge in [0.2, 0.25) is 12.7 Å². The van der Waals surface area contributed by atoms with Gasteiger partial charge in [0, 0.05) is 22.8 Å². The number of aryl methyl sites for hydroxylation is 1. The zero-order chi connectivity index (χ0) is 18.7. The molecule has 0 saturated heterocycles. The lowest BCUT2D eigenvalue weighted by Gasteiger charge is -2.21. The zero-order valence-corrected chi connectivity index (χ0v) is 15.3. The van der Waals surface area contributed by atoms with Crippen LogP contribution in [0.15, 0.2) is 36.4 Å². The second-order valence-electron chi connectivity index (χ2n) is 5.89. The van der Waals surface area contributed by atoms with E-state index in [4.69, 9.17) is 21.1 Å². The van der Waals surface area contributed by atoms with Crippen molar-refractivity contribution in [3.05, 3.63) is 52.5 Å². The number of likely N-dealkylation sites (N-methyl/N-ethyl adjacent to an activating group) is 1. The molecular formula is C19H19ClN2O4. The molecule has 6 nitrogen and oxygen atoms in total. The molecule has 2 aromatic carbocycles. The molecule has 1 aliphatic rings. The molecule has 0 aromatic heterocycles. The number of carbonyl (C=O) groups is 2. The molecule has 7 heteroatoms. The highest BCUT2D eigenvalue weighted by Gasteiger charge is 2.21. The van der Waals surface area contributed by atoms with Crippen molar-refractivity contribution in [1.29, 1.82) is 0 Å². The Morgan fingerprint density at radius 2 is 1.92 bits per heavy atom. The number of fused-ring (bicyclic) bond motifs is 1. The molecule has 2 amide bonds. The van der Waals surface area contributed by atoms with Crippen LogP contribution in [0.1, 0.15) is 22.8 Å². The number of anilines is 1. The van der Waals surface area contributed by atoms with Crippen LogP contribution >= 0.6 is 11.6 Å². The minimum absolute atomic E-state index is 0.0598. The molecule has 2 aromatic rings. The summed E-state index contributed by atoms with van der Waals surface area (Å²) in [7, 11) is 0. The molecule has 0 bridgehead atoms. The molecular weight excluding hydrogens is 356 g/mol. The number of ether oxygens (including phenoxy) is 2. The second kappa shape index (κ2) is 7.66. The summed E-state index contributed by atoms with van der Waals surface area (Å²) < 4.78 is 10.6. The van der Waals surface area contributed by atoms with Crippen LogP contribution in [-0.2, 0) is 4.79 Å². The maximum atomic E-state index is 12.7. The summed E-state index contributed by atoms with van der Waals surface area (Å²) in [4.78, 5) is 26.6. The lowest BCUT2D eigenvalue weighted by Crippen LogP contribution is -2.37. The predicted molar refractivity (Wildman–Crippen MR) is 99.0 cm³/mol. The Morgan fingerprint density at radius 3 is 2.69 bits per heavy atom. The van der Waals surface area contributed by atoms with E-state index in [1.165, 1.54) is 4.90 Å². The van der Waals surface area contributed by atoms with Crippen LogP contribution in [0.3, 0.4) is 0 Å². The second-order valence-corrected chi connectivity index (χ2v) is 6.33. The van der Waals surface area contributed by atoms with Crippen molar-refractivity contribution in [1.82, 2.24) is 4.90 Å².